The summed E-state index contributed by atoms with van der Waals surface area (Å²) in [7, 11) is 0. The fraction of sp³-hybridized carbons (Fsp3) is 1.00. The van der Waals surface area contributed by atoms with Gasteiger partial charge in [0.1, 0.15) is 0 Å². The first-order valence-corrected chi connectivity index (χ1v) is 5.94. The van der Waals surface area contributed by atoms with E-state index < -0.39 is 0 Å². The molecule has 2 N–H and O–H groups in total. The highest BCUT2D eigenvalue weighted by Crippen LogP contribution is 1.93. The molecule has 0 atom stereocenters. The Bertz CT molecular complexity index is 128. The van der Waals surface area contributed by atoms with Crippen LogP contribution in [0.1, 0.15) is 20.3 Å². The van der Waals surface area contributed by atoms with Gasteiger partial charge in [0.15, 0.2) is 0 Å². The lowest BCUT2D eigenvalue weighted by atomic mass is 10.3. The van der Waals surface area contributed by atoms with E-state index in [-0.39, 0.29) is 13.2 Å². The van der Waals surface area contributed by atoms with Gasteiger partial charge < -0.3 is 15.1 Å². The van der Waals surface area contributed by atoms with Gasteiger partial charge in [0, 0.05) is 26.2 Å². The van der Waals surface area contributed by atoms with Crippen LogP contribution in [0.5, 0.6) is 0 Å². The van der Waals surface area contributed by atoms with E-state index >= 15 is 0 Å². The summed E-state index contributed by atoms with van der Waals surface area (Å²) < 4.78 is 0. The topological polar surface area (TPSA) is 46.9 Å². The van der Waals surface area contributed by atoms with Crippen molar-refractivity contribution in [1.82, 2.24) is 9.80 Å². The van der Waals surface area contributed by atoms with Crippen LogP contribution in [0, 0.1) is 0 Å². The summed E-state index contributed by atoms with van der Waals surface area (Å²) in [5.41, 5.74) is 0. The molecule has 0 aromatic heterocycles. The van der Waals surface area contributed by atoms with Crippen molar-refractivity contribution in [3.8, 4) is 0 Å². The van der Waals surface area contributed by atoms with Crippen LogP contribution in [-0.4, -0.2) is 72.5 Å². The predicted molar refractivity (Wildman–Crippen MR) is 63.0 cm³/mol. The van der Waals surface area contributed by atoms with E-state index in [4.69, 9.17) is 10.2 Å². The van der Waals surface area contributed by atoms with Crippen molar-refractivity contribution >= 4 is 0 Å². The minimum atomic E-state index is 0.167. The van der Waals surface area contributed by atoms with Crippen molar-refractivity contribution in [3.05, 3.63) is 0 Å². The lowest BCUT2D eigenvalue weighted by Gasteiger charge is -2.25. The molecule has 0 aliphatic heterocycles. The molecule has 0 radical (unpaired) electrons. The Balaban J connectivity index is 3.73. The van der Waals surface area contributed by atoms with Crippen molar-refractivity contribution < 1.29 is 10.2 Å². The number of aliphatic hydroxyl groups is 2. The number of hydrogen-bond donors (Lipinski definition) is 2. The van der Waals surface area contributed by atoms with Crippen molar-refractivity contribution in [2.45, 2.75) is 20.3 Å². The van der Waals surface area contributed by atoms with Crippen LogP contribution in [0.2, 0.25) is 0 Å². The Kier molecular flexibility index (Phi) is 10.3. The number of rotatable bonds is 10. The number of hydrogen-bond acceptors (Lipinski definition) is 4. The molecular formula is C11H26N2O2. The smallest absolute Gasteiger partial charge is 0.0558 e. The lowest BCUT2D eigenvalue weighted by molar-refractivity contribution is 0.144. The second-order valence-corrected chi connectivity index (χ2v) is 3.72. The van der Waals surface area contributed by atoms with Crippen molar-refractivity contribution in [1.29, 1.82) is 0 Å². The molecule has 0 bridgehead atoms. The zero-order valence-electron chi connectivity index (χ0n) is 10.2. The van der Waals surface area contributed by atoms with Gasteiger partial charge in [-0.3, -0.25) is 4.90 Å². The largest absolute Gasteiger partial charge is 0.395 e. The summed E-state index contributed by atoms with van der Waals surface area (Å²) in [6.45, 7) is 10.1. The van der Waals surface area contributed by atoms with Gasteiger partial charge in [-0.15, -0.1) is 0 Å². The minimum absolute atomic E-state index is 0.167. The Morgan fingerprint density at radius 2 is 1.27 bits per heavy atom. The fourth-order valence-electron chi connectivity index (χ4n) is 1.65. The fourth-order valence-corrected chi connectivity index (χ4v) is 1.65. The normalized spacial score (nSPS) is 11.6. The second-order valence-electron chi connectivity index (χ2n) is 3.72. The molecule has 0 aromatic rings. The molecule has 4 heteroatoms. The maximum Gasteiger partial charge on any atom is 0.0558 e. The highest BCUT2D eigenvalue weighted by atomic mass is 16.3. The third kappa shape index (κ3) is 7.73. The first kappa shape index (κ1) is 14.8. The van der Waals surface area contributed by atoms with E-state index in [1.807, 2.05) is 0 Å². The van der Waals surface area contributed by atoms with Crippen LogP contribution < -0.4 is 0 Å². The molecule has 0 amide bonds. The van der Waals surface area contributed by atoms with Crippen LogP contribution in [0.25, 0.3) is 0 Å². The Labute approximate surface area is 93.5 Å². The Morgan fingerprint density at radius 3 is 1.67 bits per heavy atom. The van der Waals surface area contributed by atoms with Gasteiger partial charge in [-0.2, -0.15) is 0 Å². The third-order valence-corrected chi connectivity index (χ3v) is 2.55. The van der Waals surface area contributed by atoms with E-state index in [9.17, 15) is 0 Å². The molecule has 0 rings (SSSR count). The van der Waals surface area contributed by atoms with Crippen molar-refractivity contribution in [2.24, 2.45) is 0 Å². The van der Waals surface area contributed by atoms with Gasteiger partial charge in [0.05, 0.1) is 13.2 Å². The lowest BCUT2D eigenvalue weighted by Crippen LogP contribution is -2.38. The minimum Gasteiger partial charge on any atom is -0.395 e. The molecule has 0 spiro atoms. The molecule has 0 saturated carbocycles. The standard InChI is InChI=1S/C11H26N2O2/c1-3-5-12(4-2)6-7-13(8-10-14)9-11-15/h14-15H,3-11H2,1-2H3. The molecular weight excluding hydrogens is 192 g/mol. The van der Waals surface area contributed by atoms with E-state index in [2.05, 4.69) is 23.6 Å². The summed E-state index contributed by atoms with van der Waals surface area (Å²) in [6, 6.07) is 0. The average molecular weight is 218 g/mol. The maximum atomic E-state index is 8.85. The molecule has 4 nitrogen and oxygen atoms in total. The van der Waals surface area contributed by atoms with Crippen LogP contribution >= 0.6 is 0 Å². The number of aliphatic hydroxyl groups excluding tert-OH is 2. The monoisotopic (exact) mass is 218 g/mol. The Morgan fingerprint density at radius 1 is 0.733 bits per heavy atom. The maximum absolute atomic E-state index is 8.85. The third-order valence-electron chi connectivity index (χ3n) is 2.55. The van der Waals surface area contributed by atoms with E-state index in [0.717, 1.165) is 26.2 Å². The van der Waals surface area contributed by atoms with Gasteiger partial charge in [0.25, 0.3) is 0 Å². The summed E-state index contributed by atoms with van der Waals surface area (Å²) in [5.74, 6) is 0. The van der Waals surface area contributed by atoms with Crippen LogP contribution in [0.15, 0.2) is 0 Å². The molecule has 0 fully saturated rings. The number of nitrogens with zero attached hydrogens (tertiary/aromatic N) is 2. The first-order chi connectivity index (χ1) is 7.28. The van der Waals surface area contributed by atoms with Crippen molar-refractivity contribution in [2.75, 3.05) is 52.5 Å². The molecule has 92 valence electrons. The van der Waals surface area contributed by atoms with Crippen LogP contribution in [-0.2, 0) is 0 Å². The van der Waals surface area contributed by atoms with Gasteiger partial charge in [-0.25, -0.2) is 0 Å². The summed E-state index contributed by atoms with van der Waals surface area (Å²) in [4.78, 5) is 4.49. The quantitative estimate of drug-likeness (QED) is 0.542. The summed E-state index contributed by atoms with van der Waals surface area (Å²) >= 11 is 0. The Hall–Kier alpha value is -0.160. The molecule has 0 aliphatic rings. The van der Waals surface area contributed by atoms with Gasteiger partial charge >= 0.3 is 0 Å². The molecule has 15 heavy (non-hydrogen) atoms. The molecule has 0 heterocycles. The van der Waals surface area contributed by atoms with Crippen LogP contribution in [0.4, 0.5) is 0 Å². The van der Waals surface area contributed by atoms with Crippen molar-refractivity contribution in [3.63, 3.8) is 0 Å². The predicted octanol–water partition coefficient (Wildman–Crippen LogP) is 0.00490. The second kappa shape index (κ2) is 10.4. The van der Waals surface area contributed by atoms with E-state index in [1.54, 1.807) is 0 Å². The number of likely N-dealkylation sites (N-methyl/N-ethyl adjacent to an activating group) is 1. The zero-order valence-corrected chi connectivity index (χ0v) is 10.2. The van der Waals surface area contributed by atoms with Gasteiger partial charge in [0.2, 0.25) is 0 Å². The van der Waals surface area contributed by atoms with Gasteiger partial charge in [-0.05, 0) is 19.5 Å². The average Bonchev–Trinajstić information content (AvgIpc) is 2.24. The summed E-state index contributed by atoms with van der Waals surface area (Å²) in [6.07, 6.45) is 1.17. The highest BCUT2D eigenvalue weighted by Gasteiger charge is 2.06. The summed E-state index contributed by atoms with van der Waals surface area (Å²) in [5, 5.41) is 17.7. The van der Waals surface area contributed by atoms with E-state index in [1.165, 1.54) is 6.42 Å². The molecule has 0 unspecified atom stereocenters. The van der Waals surface area contributed by atoms with Gasteiger partial charge in [-0.1, -0.05) is 13.8 Å². The van der Waals surface area contributed by atoms with Crippen LogP contribution in [0.3, 0.4) is 0 Å². The first-order valence-electron chi connectivity index (χ1n) is 5.94. The molecule has 0 aromatic carbocycles. The molecule has 0 aliphatic carbocycles. The molecule has 0 saturated heterocycles. The highest BCUT2D eigenvalue weighted by molar-refractivity contribution is 4.61. The zero-order chi connectivity index (χ0) is 11.5. The SMILES string of the molecule is CCCN(CC)CCN(CCO)CCO. The van der Waals surface area contributed by atoms with E-state index in [0.29, 0.717) is 13.1 Å².